The number of halogens is 3. The van der Waals surface area contributed by atoms with Gasteiger partial charge >= 0.3 is 0 Å². The van der Waals surface area contributed by atoms with Gasteiger partial charge in [-0.1, -0.05) is 6.07 Å². The molecule has 0 aliphatic rings. The summed E-state index contributed by atoms with van der Waals surface area (Å²) in [6.45, 7) is 0.770. The molecule has 12 heavy (non-hydrogen) atoms. The molecule has 68 valence electrons. The van der Waals surface area contributed by atoms with Crippen molar-refractivity contribution in [3.8, 4) is 0 Å². The second-order valence-electron chi connectivity index (χ2n) is 2.32. The smallest absolute Gasteiger partial charge is 0.168 e. The third kappa shape index (κ3) is 4.15. The third-order valence-corrected chi connectivity index (χ3v) is 2.18. The summed E-state index contributed by atoms with van der Waals surface area (Å²) in [4.78, 5) is 0. The van der Waals surface area contributed by atoms with E-state index in [9.17, 15) is 0 Å². The van der Waals surface area contributed by atoms with E-state index in [1.807, 2.05) is 35.2 Å². The fourth-order valence-corrected chi connectivity index (χ4v) is 1.09. The van der Waals surface area contributed by atoms with E-state index in [1.165, 1.54) is 0 Å². The Balaban J connectivity index is 0.00000121. The first-order valence-corrected chi connectivity index (χ1v) is 4.44. The molecular formula is C8H10Cl3N. The highest BCUT2D eigenvalue weighted by molar-refractivity contribution is 6.27. The molecule has 0 aliphatic carbocycles. The zero-order chi connectivity index (χ0) is 8.10. The quantitative estimate of drug-likeness (QED) is 0.452. The van der Waals surface area contributed by atoms with E-state index in [0.29, 0.717) is 5.88 Å². The minimum Gasteiger partial charge on any atom is -1.00 e. The van der Waals surface area contributed by atoms with Crippen LogP contribution in [0, 0.1) is 0 Å². The molecule has 1 atom stereocenters. The Labute approximate surface area is 88.7 Å². The van der Waals surface area contributed by atoms with Crippen molar-refractivity contribution in [1.29, 1.82) is 0 Å². The van der Waals surface area contributed by atoms with E-state index in [0.717, 1.165) is 6.54 Å². The van der Waals surface area contributed by atoms with Crippen molar-refractivity contribution in [1.82, 2.24) is 0 Å². The summed E-state index contributed by atoms with van der Waals surface area (Å²) in [5, 5.41) is 0.0177. The zero-order valence-electron chi connectivity index (χ0n) is 6.46. The molecule has 1 unspecified atom stereocenters. The van der Waals surface area contributed by atoms with E-state index < -0.39 is 0 Å². The Morgan fingerprint density at radius 1 is 1.17 bits per heavy atom. The molecule has 0 bridgehead atoms. The van der Waals surface area contributed by atoms with Crippen LogP contribution in [0.2, 0.25) is 0 Å². The van der Waals surface area contributed by atoms with Crippen LogP contribution >= 0.6 is 23.2 Å². The van der Waals surface area contributed by atoms with Crippen LogP contribution in [-0.4, -0.2) is 11.3 Å². The topological polar surface area (TPSA) is 3.88 Å². The molecule has 0 amide bonds. The van der Waals surface area contributed by atoms with Gasteiger partial charge in [0.2, 0.25) is 0 Å². The monoisotopic (exact) mass is 225 g/mol. The second-order valence-corrected chi connectivity index (χ2v) is 3.25. The van der Waals surface area contributed by atoms with Crippen molar-refractivity contribution < 1.29 is 17.0 Å². The summed E-state index contributed by atoms with van der Waals surface area (Å²) in [5.74, 6) is 0.490. The number of nitrogens with zero attached hydrogens (tertiary/aromatic N) is 1. The van der Waals surface area contributed by atoms with Gasteiger partial charge in [0.05, 0.1) is 0 Å². The van der Waals surface area contributed by atoms with E-state index in [2.05, 4.69) is 0 Å². The van der Waals surface area contributed by atoms with Gasteiger partial charge in [-0.2, -0.15) is 0 Å². The normalized spacial score (nSPS) is 11.8. The second kappa shape index (κ2) is 6.53. The van der Waals surface area contributed by atoms with Gasteiger partial charge in [0.1, 0.15) is 5.38 Å². The minimum absolute atomic E-state index is 0. The van der Waals surface area contributed by atoms with Crippen LogP contribution in [0.15, 0.2) is 30.6 Å². The average Bonchev–Trinajstić information content (AvgIpc) is 2.06. The summed E-state index contributed by atoms with van der Waals surface area (Å²) >= 11 is 11.4. The first-order valence-electron chi connectivity index (χ1n) is 3.47. The van der Waals surface area contributed by atoms with Crippen LogP contribution in [0.5, 0.6) is 0 Å². The minimum atomic E-state index is 0. The van der Waals surface area contributed by atoms with E-state index >= 15 is 0 Å². The number of aromatic nitrogens is 1. The molecule has 1 heterocycles. The van der Waals surface area contributed by atoms with E-state index in [-0.39, 0.29) is 17.8 Å². The molecule has 0 radical (unpaired) electrons. The summed E-state index contributed by atoms with van der Waals surface area (Å²) in [7, 11) is 0. The highest BCUT2D eigenvalue weighted by atomic mass is 35.5. The van der Waals surface area contributed by atoms with Crippen LogP contribution < -0.4 is 17.0 Å². The van der Waals surface area contributed by atoms with Gasteiger partial charge in [0, 0.05) is 18.0 Å². The Hall–Kier alpha value is 0.0200. The van der Waals surface area contributed by atoms with Gasteiger partial charge in [-0.05, 0) is 0 Å². The van der Waals surface area contributed by atoms with Crippen molar-refractivity contribution in [2.24, 2.45) is 0 Å². The lowest BCUT2D eigenvalue weighted by Crippen LogP contribution is -3.00. The third-order valence-electron chi connectivity index (χ3n) is 1.35. The molecule has 0 saturated heterocycles. The molecule has 0 aromatic carbocycles. The lowest BCUT2D eigenvalue weighted by Gasteiger charge is -1.99. The molecule has 0 fully saturated rings. The van der Waals surface area contributed by atoms with Gasteiger partial charge in [0.25, 0.3) is 0 Å². The average molecular weight is 227 g/mol. The number of hydrogen-bond donors (Lipinski definition) is 0. The summed E-state index contributed by atoms with van der Waals surface area (Å²) < 4.78 is 2.01. The van der Waals surface area contributed by atoms with Gasteiger partial charge in [0.15, 0.2) is 18.9 Å². The summed E-state index contributed by atoms with van der Waals surface area (Å²) in [6.07, 6.45) is 3.95. The first-order chi connectivity index (χ1) is 5.33. The van der Waals surface area contributed by atoms with Gasteiger partial charge in [-0.3, -0.25) is 0 Å². The standard InChI is InChI=1S/C8H10Cl2N.ClH/c9-6-8(10)7-11-4-2-1-3-5-11;/h1-5,8H,6-7H2;1H/q+1;/p-1. The molecule has 1 aromatic heterocycles. The molecular weight excluding hydrogens is 216 g/mol. The lowest BCUT2D eigenvalue weighted by atomic mass is 10.4. The molecule has 1 rings (SSSR count). The highest BCUT2D eigenvalue weighted by Gasteiger charge is 2.07. The maximum absolute atomic E-state index is 5.85. The molecule has 1 aromatic rings. The maximum atomic E-state index is 5.85. The van der Waals surface area contributed by atoms with Crippen LogP contribution in [0.4, 0.5) is 0 Å². The largest absolute Gasteiger partial charge is 1.00 e. The van der Waals surface area contributed by atoms with Crippen LogP contribution in [0.1, 0.15) is 0 Å². The molecule has 1 nitrogen and oxygen atoms in total. The predicted molar refractivity (Wildman–Crippen MR) is 47.0 cm³/mol. The predicted octanol–water partition coefficient (Wildman–Crippen LogP) is -1.18. The highest BCUT2D eigenvalue weighted by Crippen LogP contribution is 1.97. The van der Waals surface area contributed by atoms with Gasteiger partial charge in [-0.25, -0.2) is 4.57 Å². The SMILES string of the molecule is ClCC(Cl)C[n+]1ccccc1.[Cl-]. The van der Waals surface area contributed by atoms with E-state index in [4.69, 9.17) is 23.2 Å². The van der Waals surface area contributed by atoms with Crippen LogP contribution in [0.25, 0.3) is 0 Å². The first kappa shape index (κ1) is 12.0. The van der Waals surface area contributed by atoms with E-state index in [1.54, 1.807) is 0 Å². The molecule has 0 spiro atoms. The molecule has 0 aliphatic heterocycles. The number of hydrogen-bond acceptors (Lipinski definition) is 0. The Kier molecular flexibility index (Phi) is 6.54. The zero-order valence-corrected chi connectivity index (χ0v) is 8.73. The molecule has 0 saturated carbocycles. The van der Waals surface area contributed by atoms with Gasteiger partial charge in [-0.15, -0.1) is 23.2 Å². The molecule has 4 heteroatoms. The van der Waals surface area contributed by atoms with Crippen molar-refractivity contribution in [3.63, 3.8) is 0 Å². The number of rotatable bonds is 3. The van der Waals surface area contributed by atoms with Crippen molar-refractivity contribution in [2.45, 2.75) is 11.9 Å². The maximum Gasteiger partial charge on any atom is 0.168 e. The van der Waals surface area contributed by atoms with Crippen molar-refractivity contribution >= 4 is 23.2 Å². The van der Waals surface area contributed by atoms with Crippen molar-refractivity contribution in [3.05, 3.63) is 30.6 Å². The fraction of sp³-hybridized carbons (Fsp3) is 0.375. The fourth-order valence-electron chi connectivity index (χ4n) is 0.834. The summed E-state index contributed by atoms with van der Waals surface area (Å²) in [6, 6.07) is 5.91. The Morgan fingerprint density at radius 3 is 2.25 bits per heavy atom. The summed E-state index contributed by atoms with van der Waals surface area (Å²) in [5.41, 5.74) is 0. The van der Waals surface area contributed by atoms with Crippen molar-refractivity contribution in [2.75, 3.05) is 5.88 Å². The Morgan fingerprint density at radius 2 is 1.75 bits per heavy atom. The molecule has 0 N–H and O–H groups in total. The Bertz CT molecular complexity index is 203. The number of alkyl halides is 2. The van der Waals surface area contributed by atoms with Crippen LogP contribution in [0.3, 0.4) is 0 Å². The van der Waals surface area contributed by atoms with Crippen LogP contribution in [-0.2, 0) is 6.54 Å². The van der Waals surface area contributed by atoms with Gasteiger partial charge < -0.3 is 12.4 Å². The lowest BCUT2D eigenvalue weighted by molar-refractivity contribution is -0.696. The number of pyridine rings is 1.